The van der Waals surface area contributed by atoms with Crippen molar-refractivity contribution in [3.8, 4) is 0 Å². The van der Waals surface area contributed by atoms with Crippen LogP contribution >= 0.6 is 0 Å². The summed E-state index contributed by atoms with van der Waals surface area (Å²) in [5, 5.41) is 3.63. The molecule has 3 nitrogen and oxygen atoms in total. The van der Waals surface area contributed by atoms with Crippen LogP contribution in [0.2, 0.25) is 0 Å². The molecule has 1 amide bonds. The van der Waals surface area contributed by atoms with E-state index in [-0.39, 0.29) is 11.7 Å². The molecule has 0 aliphatic rings. The third-order valence-corrected chi connectivity index (χ3v) is 3.51. The highest BCUT2D eigenvalue weighted by Crippen LogP contribution is 2.17. The maximum absolute atomic E-state index is 13.2. The Kier molecular flexibility index (Phi) is 3.83. The summed E-state index contributed by atoms with van der Waals surface area (Å²) in [6.07, 6.45) is 0. The van der Waals surface area contributed by atoms with Crippen LogP contribution in [0.15, 0.2) is 54.6 Å². The van der Waals surface area contributed by atoms with Crippen molar-refractivity contribution in [2.24, 2.45) is 0 Å². The fraction of sp³-hybridized carbons (Fsp3) is 0.111. The first-order valence-electron chi connectivity index (χ1n) is 7.02. The number of aryl methyl sites for hydroxylation is 1. The molecule has 1 N–H and O–H groups in total. The minimum atomic E-state index is -0.333. The highest BCUT2D eigenvalue weighted by Gasteiger charge is 2.11. The van der Waals surface area contributed by atoms with E-state index in [1.54, 1.807) is 19.1 Å². The number of aromatic nitrogens is 1. The summed E-state index contributed by atoms with van der Waals surface area (Å²) < 4.78 is 13.2. The monoisotopic (exact) mass is 294 g/mol. The van der Waals surface area contributed by atoms with Crippen LogP contribution in [0.3, 0.4) is 0 Å². The van der Waals surface area contributed by atoms with Crippen molar-refractivity contribution < 1.29 is 9.18 Å². The van der Waals surface area contributed by atoms with Crippen molar-refractivity contribution in [1.29, 1.82) is 0 Å². The van der Waals surface area contributed by atoms with Gasteiger partial charge in [-0.3, -0.25) is 9.78 Å². The molecule has 22 heavy (non-hydrogen) atoms. The van der Waals surface area contributed by atoms with Crippen molar-refractivity contribution in [2.45, 2.75) is 13.5 Å². The fourth-order valence-electron chi connectivity index (χ4n) is 2.34. The maximum atomic E-state index is 13.2. The lowest BCUT2D eigenvalue weighted by atomic mass is 10.1. The largest absolute Gasteiger partial charge is 0.348 e. The molecule has 1 heterocycles. The number of fused-ring (bicyclic) bond motifs is 1. The average molecular weight is 294 g/mol. The van der Waals surface area contributed by atoms with Gasteiger partial charge in [-0.25, -0.2) is 4.39 Å². The Hall–Kier alpha value is -2.75. The summed E-state index contributed by atoms with van der Waals surface area (Å²) in [5.41, 5.74) is 2.68. The van der Waals surface area contributed by atoms with Crippen molar-refractivity contribution in [3.05, 3.63) is 77.2 Å². The van der Waals surface area contributed by atoms with Crippen LogP contribution < -0.4 is 5.32 Å². The fourth-order valence-corrected chi connectivity index (χ4v) is 2.34. The second-order valence-electron chi connectivity index (χ2n) is 5.13. The Bertz CT molecular complexity index is 831. The predicted molar refractivity (Wildman–Crippen MR) is 84.1 cm³/mol. The lowest BCUT2D eigenvalue weighted by Gasteiger charge is -2.09. The van der Waals surface area contributed by atoms with Gasteiger partial charge in [0.25, 0.3) is 5.91 Å². The quantitative estimate of drug-likeness (QED) is 0.801. The molecule has 2 aromatic carbocycles. The number of nitrogens with one attached hydrogen (secondary N) is 1. The molecule has 0 saturated heterocycles. The number of rotatable bonds is 3. The van der Waals surface area contributed by atoms with Crippen LogP contribution in [0.4, 0.5) is 4.39 Å². The van der Waals surface area contributed by atoms with E-state index in [1.165, 1.54) is 12.1 Å². The number of nitrogens with zero attached hydrogens (tertiary/aromatic N) is 1. The highest BCUT2D eigenvalue weighted by molar-refractivity contribution is 5.98. The zero-order valence-electron chi connectivity index (χ0n) is 12.1. The summed E-state index contributed by atoms with van der Waals surface area (Å²) in [6, 6.07) is 15.8. The molecule has 1 aromatic heterocycles. The summed E-state index contributed by atoms with van der Waals surface area (Å²) >= 11 is 0. The van der Waals surface area contributed by atoms with E-state index in [0.29, 0.717) is 23.3 Å². The molecule has 4 heteroatoms. The molecule has 0 aliphatic heterocycles. The van der Waals surface area contributed by atoms with Crippen LogP contribution in [0.25, 0.3) is 10.9 Å². The van der Waals surface area contributed by atoms with Gasteiger partial charge in [-0.05, 0) is 30.7 Å². The zero-order chi connectivity index (χ0) is 15.5. The Labute approximate surface area is 127 Å². The van der Waals surface area contributed by atoms with Gasteiger partial charge in [-0.15, -0.1) is 0 Å². The molecule has 0 saturated carbocycles. The molecule has 0 fully saturated rings. The van der Waals surface area contributed by atoms with E-state index in [0.717, 1.165) is 10.9 Å². The molecule has 0 spiro atoms. The van der Waals surface area contributed by atoms with Crippen molar-refractivity contribution >= 4 is 16.8 Å². The Balaban J connectivity index is 1.84. The molecule has 3 aromatic rings. The summed E-state index contributed by atoms with van der Waals surface area (Å²) in [7, 11) is 0. The van der Waals surface area contributed by atoms with Gasteiger partial charge in [0, 0.05) is 18.0 Å². The summed E-state index contributed by atoms with van der Waals surface area (Å²) in [6.45, 7) is 2.21. The van der Waals surface area contributed by atoms with Gasteiger partial charge in [-0.1, -0.05) is 30.3 Å². The lowest BCUT2D eigenvalue weighted by molar-refractivity contribution is 0.0950. The molecule has 0 radical (unpaired) electrons. The van der Waals surface area contributed by atoms with Crippen molar-refractivity contribution in [2.75, 3.05) is 0 Å². The smallest absolute Gasteiger partial charge is 0.253 e. The van der Waals surface area contributed by atoms with Gasteiger partial charge in [0.1, 0.15) is 5.82 Å². The van der Waals surface area contributed by atoms with Gasteiger partial charge in [-0.2, -0.15) is 0 Å². The first kappa shape index (κ1) is 14.2. The summed E-state index contributed by atoms with van der Waals surface area (Å²) in [4.78, 5) is 16.6. The third kappa shape index (κ3) is 2.96. The number of carbonyl (C=O) groups is 1. The lowest BCUT2D eigenvalue weighted by Crippen LogP contribution is -2.24. The highest BCUT2D eigenvalue weighted by atomic mass is 19.1. The normalized spacial score (nSPS) is 10.6. The van der Waals surface area contributed by atoms with Gasteiger partial charge in [0.15, 0.2) is 0 Å². The van der Waals surface area contributed by atoms with E-state index in [4.69, 9.17) is 0 Å². The number of benzene rings is 2. The standard InChI is InChI=1S/C18H15FN2O/c1-12-16(9-14-7-8-15(19)10-17(14)21-12)18(22)20-11-13-5-3-2-4-6-13/h2-10H,11H2,1H3,(H,20,22). The second-order valence-corrected chi connectivity index (χ2v) is 5.13. The number of hydrogen-bond acceptors (Lipinski definition) is 2. The Morgan fingerprint density at radius 1 is 1.14 bits per heavy atom. The first-order valence-corrected chi connectivity index (χ1v) is 7.02. The maximum Gasteiger partial charge on any atom is 0.253 e. The molecular weight excluding hydrogens is 279 g/mol. The van der Waals surface area contributed by atoms with E-state index in [2.05, 4.69) is 10.3 Å². The Morgan fingerprint density at radius 2 is 1.91 bits per heavy atom. The van der Waals surface area contributed by atoms with Gasteiger partial charge < -0.3 is 5.32 Å². The van der Waals surface area contributed by atoms with Gasteiger partial charge >= 0.3 is 0 Å². The Morgan fingerprint density at radius 3 is 2.68 bits per heavy atom. The summed E-state index contributed by atoms with van der Waals surface area (Å²) in [5.74, 6) is -0.513. The van der Waals surface area contributed by atoms with Crippen molar-refractivity contribution in [1.82, 2.24) is 10.3 Å². The molecule has 110 valence electrons. The minimum absolute atomic E-state index is 0.180. The third-order valence-electron chi connectivity index (χ3n) is 3.51. The molecule has 0 atom stereocenters. The molecule has 0 bridgehead atoms. The van der Waals surface area contributed by atoms with Crippen molar-refractivity contribution in [3.63, 3.8) is 0 Å². The first-order chi connectivity index (χ1) is 10.6. The molecule has 3 rings (SSSR count). The van der Waals surface area contributed by atoms with E-state index >= 15 is 0 Å². The predicted octanol–water partition coefficient (Wildman–Crippen LogP) is 3.61. The van der Waals surface area contributed by atoms with Crippen LogP contribution in [0, 0.1) is 12.7 Å². The molecule has 0 unspecified atom stereocenters. The van der Waals surface area contributed by atoms with Gasteiger partial charge in [0.2, 0.25) is 0 Å². The zero-order valence-corrected chi connectivity index (χ0v) is 12.1. The van der Waals surface area contributed by atoms with Gasteiger partial charge in [0.05, 0.1) is 16.8 Å². The number of carbonyl (C=O) groups excluding carboxylic acids is 1. The second kappa shape index (κ2) is 5.93. The number of pyridine rings is 1. The molecular formula is C18H15FN2O. The van der Waals surface area contributed by atoms with Crippen LogP contribution in [0.5, 0.6) is 0 Å². The number of amides is 1. The number of hydrogen-bond donors (Lipinski definition) is 1. The van der Waals surface area contributed by atoms with Crippen LogP contribution in [0.1, 0.15) is 21.6 Å². The minimum Gasteiger partial charge on any atom is -0.348 e. The van der Waals surface area contributed by atoms with E-state index < -0.39 is 0 Å². The topological polar surface area (TPSA) is 42.0 Å². The van der Waals surface area contributed by atoms with Crippen LogP contribution in [-0.4, -0.2) is 10.9 Å². The van der Waals surface area contributed by atoms with Crippen LogP contribution in [-0.2, 0) is 6.54 Å². The number of halogens is 1. The molecule has 0 aliphatic carbocycles. The SMILES string of the molecule is Cc1nc2cc(F)ccc2cc1C(=O)NCc1ccccc1. The average Bonchev–Trinajstić information content (AvgIpc) is 2.53. The van der Waals surface area contributed by atoms with E-state index in [1.807, 2.05) is 30.3 Å². The van der Waals surface area contributed by atoms with E-state index in [9.17, 15) is 9.18 Å².